The summed E-state index contributed by atoms with van der Waals surface area (Å²) in [5.41, 5.74) is -1.13. The van der Waals surface area contributed by atoms with Gasteiger partial charge >= 0.3 is 0 Å². The SMILES string of the molecule is CCNC(=NCc1nnc(C)n1C)NCC(C)(O)c1ccc(C)o1. The highest BCUT2D eigenvalue weighted by atomic mass is 16.4. The van der Waals surface area contributed by atoms with Crippen LogP contribution in [-0.4, -0.2) is 38.9 Å². The second kappa shape index (κ2) is 7.48. The first-order valence-electron chi connectivity index (χ1n) is 8.00. The van der Waals surface area contributed by atoms with Crippen LogP contribution >= 0.6 is 0 Å². The standard InChI is InChI=1S/C16H26N6O2/c1-6-17-15(18-9-14-21-20-12(3)22(14)5)19-10-16(4,23)13-8-7-11(2)24-13/h7-8,23H,6,9-10H2,1-5H3,(H2,17,18,19). The molecule has 2 rings (SSSR count). The highest BCUT2D eigenvalue weighted by Crippen LogP contribution is 2.21. The van der Waals surface area contributed by atoms with Gasteiger partial charge in [-0.15, -0.1) is 10.2 Å². The number of aliphatic imine (C=N–C) groups is 1. The fraction of sp³-hybridized carbons (Fsp3) is 0.562. The number of nitrogens with zero attached hydrogens (tertiary/aromatic N) is 4. The van der Waals surface area contributed by atoms with Crippen LogP contribution in [0, 0.1) is 13.8 Å². The van der Waals surface area contributed by atoms with Crippen LogP contribution in [0.15, 0.2) is 21.5 Å². The highest BCUT2D eigenvalue weighted by Gasteiger charge is 2.27. The third-order valence-corrected chi connectivity index (χ3v) is 3.78. The number of furan rings is 1. The Morgan fingerprint density at radius 2 is 2.08 bits per heavy atom. The Bertz CT molecular complexity index is 701. The molecule has 8 heteroatoms. The lowest BCUT2D eigenvalue weighted by Gasteiger charge is -2.22. The van der Waals surface area contributed by atoms with E-state index >= 15 is 0 Å². The molecule has 1 atom stereocenters. The van der Waals surface area contributed by atoms with Crippen LogP contribution < -0.4 is 10.6 Å². The van der Waals surface area contributed by atoms with E-state index in [0.717, 1.165) is 17.4 Å². The molecule has 0 fully saturated rings. The first-order chi connectivity index (χ1) is 11.3. The summed E-state index contributed by atoms with van der Waals surface area (Å²) in [4.78, 5) is 4.49. The molecule has 8 nitrogen and oxygen atoms in total. The maximum absolute atomic E-state index is 10.6. The maximum Gasteiger partial charge on any atom is 0.191 e. The first kappa shape index (κ1) is 18.0. The topological polar surface area (TPSA) is 100 Å². The van der Waals surface area contributed by atoms with Crippen molar-refractivity contribution in [1.82, 2.24) is 25.4 Å². The van der Waals surface area contributed by atoms with E-state index in [1.165, 1.54) is 0 Å². The second-order valence-electron chi connectivity index (χ2n) is 5.96. The molecule has 24 heavy (non-hydrogen) atoms. The fourth-order valence-corrected chi connectivity index (χ4v) is 2.15. The van der Waals surface area contributed by atoms with Gasteiger partial charge in [-0.05, 0) is 39.8 Å². The average molecular weight is 334 g/mol. The van der Waals surface area contributed by atoms with Gasteiger partial charge in [0.15, 0.2) is 11.8 Å². The zero-order valence-corrected chi connectivity index (χ0v) is 14.9. The van der Waals surface area contributed by atoms with Crippen molar-refractivity contribution in [3.8, 4) is 0 Å². The Labute approximate surface area is 142 Å². The molecule has 0 radical (unpaired) electrons. The summed E-state index contributed by atoms with van der Waals surface area (Å²) < 4.78 is 7.41. The predicted molar refractivity (Wildman–Crippen MR) is 91.6 cm³/mol. The number of aryl methyl sites for hydroxylation is 2. The first-order valence-corrected chi connectivity index (χ1v) is 8.00. The van der Waals surface area contributed by atoms with Crippen molar-refractivity contribution in [3.63, 3.8) is 0 Å². The molecule has 2 heterocycles. The van der Waals surface area contributed by atoms with Gasteiger partial charge in [-0.2, -0.15) is 0 Å². The van der Waals surface area contributed by atoms with Crippen molar-refractivity contribution in [3.05, 3.63) is 35.3 Å². The molecule has 0 saturated carbocycles. The van der Waals surface area contributed by atoms with E-state index in [2.05, 4.69) is 25.8 Å². The molecule has 2 aromatic heterocycles. The monoisotopic (exact) mass is 334 g/mol. The average Bonchev–Trinajstić information content (AvgIpc) is 3.11. The molecule has 132 valence electrons. The summed E-state index contributed by atoms with van der Waals surface area (Å²) in [6.45, 7) is 8.81. The molecule has 0 aliphatic carbocycles. The van der Waals surface area contributed by atoms with Crippen LogP contribution in [0.5, 0.6) is 0 Å². The minimum absolute atomic E-state index is 0.267. The van der Waals surface area contributed by atoms with E-state index in [4.69, 9.17) is 4.42 Å². The van der Waals surface area contributed by atoms with Crippen molar-refractivity contribution >= 4 is 5.96 Å². The lowest BCUT2D eigenvalue weighted by molar-refractivity contribution is 0.0378. The molecule has 2 aromatic rings. The second-order valence-corrected chi connectivity index (χ2v) is 5.96. The molecule has 0 aliphatic rings. The largest absolute Gasteiger partial charge is 0.463 e. The summed E-state index contributed by atoms with van der Waals surface area (Å²) in [6.07, 6.45) is 0. The van der Waals surface area contributed by atoms with Gasteiger partial charge in [-0.3, -0.25) is 0 Å². The summed E-state index contributed by atoms with van der Waals surface area (Å²) >= 11 is 0. The predicted octanol–water partition coefficient (Wildman–Crippen LogP) is 0.988. The van der Waals surface area contributed by atoms with Crippen LogP contribution in [0.1, 0.15) is 37.0 Å². The third-order valence-electron chi connectivity index (χ3n) is 3.78. The number of guanidine groups is 1. The zero-order chi connectivity index (χ0) is 17.7. The molecular weight excluding hydrogens is 308 g/mol. The number of nitrogens with one attached hydrogen (secondary N) is 2. The fourth-order valence-electron chi connectivity index (χ4n) is 2.15. The van der Waals surface area contributed by atoms with Gasteiger partial charge in [-0.1, -0.05) is 0 Å². The lowest BCUT2D eigenvalue weighted by Crippen LogP contribution is -2.44. The Hall–Kier alpha value is -2.35. The van der Waals surface area contributed by atoms with Crippen molar-refractivity contribution in [1.29, 1.82) is 0 Å². The minimum Gasteiger partial charge on any atom is -0.463 e. The summed E-state index contributed by atoms with van der Waals surface area (Å²) in [6, 6.07) is 3.61. The minimum atomic E-state index is -1.13. The van der Waals surface area contributed by atoms with Crippen molar-refractivity contribution < 1.29 is 9.52 Å². The Balaban J connectivity index is 2.02. The Morgan fingerprint density at radius 1 is 1.33 bits per heavy atom. The van der Waals surface area contributed by atoms with Gasteiger partial charge in [-0.25, -0.2) is 4.99 Å². The van der Waals surface area contributed by atoms with Crippen LogP contribution in [0.4, 0.5) is 0 Å². The molecule has 0 aliphatic heterocycles. The zero-order valence-electron chi connectivity index (χ0n) is 14.9. The number of aromatic nitrogens is 3. The van der Waals surface area contributed by atoms with Gasteiger partial charge in [0.1, 0.15) is 29.5 Å². The van der Waals surface area contributed by atoms with E-state index in [-0.39, 0.29) is 6.54 Å². The van der Waals surface area contributed by atoms with Crippen molar-refractivity contribution in [2.45, 2.75) is 39.8 Å². The molecule has 0 bridgehead atoms. The Morgan fingerprint density at radius 3 is 2.62 bits per heavy atom. The molecule has 0 amide bonds. The number of aliphatic hydroxyl groups is 1. The summed E-state index contributed by atoms with van der Waals surface area (Å²) in [5.74, 6) is 3.50. The normalized spacial score (nSPS) is 14.5. The van der Waals surface area contributed by atoms with Gasteiger partial charge in [0.25, 0.3) is 0 Å². The van der Waals surface area contributed by atoms with E-state index in [9.17, 15) is 5.11 Å². The third kappa shape index (κ3) is 4.35. The van der Waals surface area contributed by atoms with E-state index < -0.39 is 5.60 Å². The smallest absolute Gasteiger partial charge is 0.191 e. The number of rotatable bonds is 6. The van der Waals surface area contributed by atoms with E-state index in [1.807, 2.05) is 38.5 Å². The lowest BCUT2D eigenvalue weighted by atomic mass is 10.0. The van der Waals surface area contributed by atoms with Gasteiger partial charge in [0.2, 0.25) is 0 Å². The molecule has 3 N–H and O–H groups in total. The Kier molecular flexibility index (Phi) is 5.61. The van der Waals surface area contributed by atoms with Crippen molar-refractivity contribution in [2.75, 3.05) is 13.1 Å². The quantitative estimate of drug-likeness (QED) is 0.538. The van der Waals surface area contributed by atoms with Gasteiger partial charge in [0.05, 0.1) is 6.54 Å². The highest BCUT2D eigenvalue weighted by molar-refractivity contribution is 5.79. The molecular formula is C16H26N6O2. The van der Waals surface area contributed by atoms with Crippen LogP contribution in [0.3, 0.4) is 0 Å². The van der Waals surface area contributed by atoms with Crippen LogP contribution in [0.2, 0.25) is 0 Å². The molecule has 1 unspecified atom stereocenters. The van der Waals surface area contributed by atoms with Gasteiger partial charge < -0.3 is 24.7 Å². The molecule has 0 aromatic carbocycles. The number of hydrogen-bond donors (Lipinski definition) is 3. The van der Waals surface area contributed by atoms with E-state index in [1.54, 1.807) is 13.0 Å². The summed E-state index contributed by atoms with van der Waals surface area (Å²) in [7, 11) is 1.91. The van der Waals surface area contributed by atoms with E-state index in [0.29, 0.717) is 24.8 Å². The van der Waals surface area contributed by atoms with Crippen LogP contribution in [-0.2, 0) is 19.2 Å². The van der Waals surface area contributed by atoms with Crippen molar-refractivity contribution in [2.24, 2.45) is 12.0 Å². The van der Waals surface area contributed by atoms with Gasteiger partial charge in [0, 0.05) is 13.6 Å². The molecule has 0 spiro atoms. The summed E-state index contributed by atoms with van der Waals surface area (Å²) in [5, 5.41) is 25.0. The maximum atomic E-state index is 10.6. The molecule has 0 saturated heterocycles. The van der Waals surface area contributed by atoms with Crippen LogP contribution in [0.25, 0.3) is 0 Å². The number of hydrogen-bond acceptors (Lipinski definition) is 5.